The third-order valence-electron chi connectivity index (χ3n) is 2.64. The number of aromatic nitrogens is 3. The Kier molecular flexibility index (Phi) is 2.19. The molecule has 0 unspecified atom stereocenters. The first-order valence-electron chi connectivity index (χ1n) is 4.80. The molecular formula is C11H14N4. The van der Waals surface area contributed by atoms with Crippen LogP contribution in [0.4, 0.5) is 5.69 Å². The molecule has 2 aromatic rings. The minimum atomic E-state index is 0.760. The lowest BCUT2D eigenvalue weighted by Crippen LogP contribution is -1.97. The van der Waals surface area contributed by atoms with Gasteiger partial charge in [-0.15, -0.1) is 10.2 Å². The van der Waals surface area contributed by atoms with E-state index in [1.54, 1.807) is 6.33 Å². The second kappa shape index (κ2) is 3.38. The molecule has 1 aromatic carbocycles. The highest BCUT2D eigenvalue weighted by molar-refractivity contribution is 5.67. The van der Waals surface area contributed by atoms with Crippen LogP contribution in [0.15, 0.2) is 18.5 Å². The quantitative estimate of drug-likeness (QED) is 0.716. The molecule has 15 heavy (non-hydrogen) atoms. The zero-order valence-electron chi connectivity index (χ0n) is 9.15. The van der Waals surface area contributed by atoms with Crippen molar-refractivity contribution in [3.63, 3.8) is 0 Å². The molecule has 0 fully saturated rings. The Bertz CT molecular complexity index is 499. The average Bonchev–Trinajstić information content (AvgIpc) is 2.58. The summed E-state index contributed by atoms with van der Waals surface area (Å²) in [6, 6.07) is 3.90. The molecule has 0 atom stereocenters. The molecule has 0 spiro atoms. The second-order valence-corrected chi connectivity index (χ2v) is 3.78. The molecule has 2 rings (SSSR count). The lowest BCUT2D eigenvalue weighted by molar-refractivity contribution is 0.918. The van der Waals surface area contributed by atoms with Crippen LogP contribution < -0.4 is 5.73 Å². The van der Waals surface area contributed by atoms with E-state index in [4.69, 9.17) is 5.73 Å². The van der Waals surface area contributed by atoms with Crippen molar-refractivity contribution >= 4 is 5.69 Å². The average molecular weight is 202 g/mol. The van der Waals surface area contributed by atoms with Crippen LogP contribution in [-0.4, -0.2) is 14.8 Å². The number of nitrogens with two attached hydrogens (primary N) is 1. The fraction of sp³-hybridized carbons (Fsp3) is 0.273. The van der Waals surface area contributed by atoms with Gasteiger partial charge in [0.25, 0.3) is 0 Å². The highest BCUT2D eigenvalue weighted by Gasteiger charge is 2.10. The van der Waals surface area contributed by atoms with E-state index in [0.29, 0.717) is 0 Å². The van der Waals surface area contributed by atoms with Crippen LogP contribution in [0, 0.1) is 13.8 Å². The molecule has 1 aromatic heterocycles. The predicted molar refractivity (Wildman–Crippen MR) is 60.3 cm³/mol. The molecule has 0 bridgehead atoms. The molecule has 0 saturated heterocycles. The molecular weight excluding hydrogens is 188 g/mol. The highest BCUT2D eigenvalue weighted by Crippen LogP contribution is 2.26. The molecule has 4 nitrogen and oxygen atoms in total. The molecule has 0 radical (unpaired) electrons. The van der Waals surface area contributed by atoms with Crippen molar-refractivity contribution in [1.82, 2.24) is 14.8 Å². The van der Waals surface area contributed by atoms with Gasteiger partial charge in [0.1, 0.15) is 6.33 Å². The summed E-state index contributed by atoms with van der Waals surface area (Å²) in [6.45, 7) is 4.12. The predicted octanol–water partition coefficient (Wildman–Crippen LogP) is 1.68. The van der Waals surface area contributed by atoms with Crippen LogP contribution in [0.5, 0.6) is 0 Å². The Hall–Kier alpha value is -1.84. The summed E-state index contributed by atoms with van der Waals surface area (Å²) in [5.41, 5.74) is 10.0. The van der Waals surface area contributed by atoms with E-state index in [9.17, 15) is 0 Å². The molecule has 2 N–H and O–H groups in total. The Labute approximate surface area is 88.8 Å². The first kappa shape index (κ1) is 9.71. The van der Waals surface area contributed by atoms with Gasteiger partial charge in [-0.25, -0.2) is 0 Å². The van der Waals surface area contributed by atoms with Crippen molar-refractivity contribution in [3.05, 3.63) is 29.6 Å². The van der Waals surface area contributed by atoms with Crippen LogP contribution in [0.1, 0.15) is 11.1 Å². The van der Waals surface area contributed by atoms with Crippen LogP contribution in [-0.2, 0) is 7.05 Å². The Morgan fingerprint density at radius 2 is 2.00 bits per heavy atom. The van der Waals surface area contributed by atoms with E-state index in [0.717, 1.165) is 17.1 Å². The van der Waals surface area contributed by atoms with Crippen molar-refractivity contribution in [1.29, 1.82) is 0 Å². The van der Waals surface area contributed by atoms with E-state index in [1.807, 2.05) is 30.7 Å². The van der Waals surface area contributed by atoms with Gasteiger partial charge in [0, 0.05) is 18.3 Å². The van der Waals surface area contributed by atoms with Gasteiger partial charge in [0.2, 0.25) is 0 Å². The Morgan fingerprint density at radius 1 is 1.27 bits per heavy atom. The van der Waals surface area contributed by atoms with Crippen LogP contribution >= 0.6 is 0 Å². The summed E-state index contributed by atoms with van der Waals surface area (Å²) in [7, 11) is 1.92. The van der Waals surface area contributed by atoms with E-state index in [1.165, 1.54) is 11.1 Å². The van der Waals surface area contributed by atoms with Gasteiger partial charge in [-0.1, -0.05) is 0 Å². The summed E-state index contributed by atoms with van der Waals surface area (Å²) < 4.78 is 1.89. The Balaban J connectivity index is 2.68. The molecule has 0 aliphatic carbocycles. The van der Waals surface area contributed by atoms with Gasteiger partial charge in [-0.3, -0.25) is 0 Å². The molecule has 1 heterocycles. The summed E-state index contributed by atoms with van der Waals surface area (Å²) in [4.78, 5) is 0. The van der Waals surface area contributed by atoms with Gasteiger partial charge in [0.15, 0.2) is 5.82 Å². The second-order valence-electron chi connectivity index (χ2n) is 3.78. The van der Waals surface area contributed by atoms with Gasteiger partial charge in [-0.2, -0.15) is 0 Å². The SMILES string of the molecule is Cc1cc(N)cc(-c2nncn2C)c1C. The molecule has 78 valence electrons. The monoisotopic (exact) mass is 202 g/mol. The topological polar surface area (TPSA) is 56.7 Å². The maximum atomic E-state index is 5.83. The van der Waals surface area contributed by atoms with E-state index in [-0.39, 0.29) is 0 Å². The Morgan fingerprint density at radius 3 is 2.60 bits per heavy atom. The molecule has 0 saturated carbocycles. The smallest absolute Gasteiger partial charge is 0.163 e. The normalized spacial score (nSPS) is 10.6. The van der Waals surface area contributed by atoms with Crippen molar-refractivity contribution < 1.29 is 0 Å². The molecule has 4 heteroatoms. The van der Waals surface area contributed by atoms with Crippen molar-refractivity contribution in [2.75, 3.05) is 5.73 Å². The maximum Gasteiger partial charge on any atom is 0.163 e. The van der Waals surface area contributed by atoms with Crippen molar-refractivity contribution in [2.24, 2.45) is 7.05 Å². The highest BCUT2D eigenvalue weighted by atomic mass is 15.2. The van der Waals surface area contributed by atoms with Crippen LogP contribution in [0.25, 0.3) is 11.4 Å². The zero-order valence-corrected chi connectivity index (χ0v) is 9.15. The number of hydrogen-bond acceptors (Lipinski definition) is 3. The lowest BCUT2D eigenvalue weighted by Gasteiger charge is -2.09. The summed E-state index contributed by atoms with van der Waals surface area (Å²) >= 11 is 0. The first-order valence-corrected chi connectivity index (χ1v) is 4.80. The number of benzene rings is 1. The van der Waals surface area contributed by atoms with Gasteiger partial charge >= 0.3 is 0 Å². The largest absolute Gasteiger partial charge is 0.399 e. The standard InChI is InChI=1S/C11H14N4/c1-7-4-9(12)5-10(8(7)2)11-14-13-6-15(11)3/h4-6H,12H2,1-3H3. The van der Waals surface area contributed by atoms with Gasteiger partial charge < -0.3 is 10.3 Å². The minimum Gasteiger partial charge on any atom is -0.399 e. The van der Waals surface area contributed by atoms with Gasteiger partial charge in [0.05, 0.1) is 0 Å². The zero-order chi connectivity index (χ0) is 11.0. The van der Waals surface area contributed by atoms with E-state index < -0.39 is 0 Å². The number of hydrogen-bond donors (Lipinski definition) is 1. The number of aryl methyl sites for hydroxylation is 2. The third-order valence-corrected chi connectivity index (χ3v) is 2.64. The summed E-state index contributed by atoms with van der Waals surface area (Å²) in [6.07, 6.45) is 1.69. The molecule has 0 aliphatic rings. The fourth-order valence-corrected chi connectivity index (χ4v) is 1.65. The fourth-order valence-electron chi connectivity index (χ4n) is 1.65. The van der Waals surface area contributed by atoms with E-state index in [2.05, 4.69) is 17.1 Å². The van der Waals surface area contributed by atoms with Crippen molar-refractivity contribution in [2.45, 2.75) is 13.8 Å². The van der Waals surface area contributed by atoms with Crippen LogP contribution in [0.3, 0.4) is 0 Å². The molecule has 0 aliphatic heterocycles. The molecule has 0 amide bonds. The lowest BCUT2D eigenvalue weighted by atomic mass is 10.0. The third kappa shape index (κ3) is 1.58. The number of rotatable bonds is 1. The first-order chi connectivity index (χ1) is 7.09. The van der Waals surface area contributed by atoms with Crippen LogP contribution in [0.2, 0.25) is 0 Å². The number of anilines is 1. The van der Waals surface area contributed by atoms with Crippen molar-refractivity contribution in [3.8, 4) is 11.4 Å². The summed E-state index contributed by atoms with van der Waals surface area (Å²) in [5.74, 6) is 0.850. The summed E-state index contributed by atoms with van der Waals surface area (Å²) in [5, 5.41) is 7.96. The minimum absolute atomic E-state index is 0.760. The van der Waals surface area contributed by atoms with Gasteiger partial charge in [-0.05, 0) is 37.1 Å². The number of nitrogen functional groups attached to an aromatic ring is 1. The van der Waals surface area contributed by atoms with E-state index >= 15 is 0 Å². The maximum absolute atomic E-state index is 5.83. The number of nitrogens with zero attached hydrogens (tertiary/aromatic N) is 3.